The molecule has 0 radical (unpaired) electrons. The van der Waals surface area contributed by atoms with Gasteiger partial charge in [-0.3, -0.25) is 4.57 Å². The monoisotopic (exact) mass is 264 g/mol. The van der Waals surface area contributed by atoms with Gasteiger partial charge in [0, 0.05) is 0 Å². The molecule has 0 fully saturated rings. The molecular formula is C14H12N6. The predicted molar refractivity (Wildman–Crippen MR) is 73.2 cm³/mol. The smallest absolute Gasteiger partial charge is 0.255 e. The minimum Gasteiger partial charge on any atom is -0.262 e. The molecule has 1 aromatic carbocycles. The van der Waals surface area contributed by atoms with E-state index in [0.29, 0.717) is 11.8 Å². The lowest BCUT2D eigenvalue weighted by atomic mass is 10.3. The van der Waals surface area contributed by atoms with Gasteiger partial charge in [-0.25, -0.2) is 9.97 Å². The molecular weight excluding hydrogens is 252 g/mol. The van der Waals surface area contributed by atoms with Crippen LogP contribution in [0.25, 0.3) is 17.0 Å². The number of imidazole rings is 1. The Morgan fingerprint density at radius 3 is 2.65 bits per heavy atom. The number of hydrogen-bond acceptors (Lipinski definition) is 5. The van der Waals surface area contributed by atoms with E-state index in [2.05, 4.69) is 26.2 Å². The molecule has 0 unspecified atom stereocenters. The number of aryl methyl sites for hydroxylation is 2. The third-order valence-electron chi connectivity index (χ3n) is 3.15. The van der Waals surface area contributed by atoms with Crippen LogP contribution < -0.4 is 0 Å². The minimum absolute atomic E-state index is 0.199. The average Bonchev–Trinajstić information content (AvgIpc) is 2.80. The van der Waals surface area contributed by atoms with Crippen LogP contribution in [0.1, 0.15) is 17.2 Å². The molecule has 2 aromatic heterocycles. The van der Waals surface area contributed by atoms with E-state index in [9.17, 15) is 0 Å². The van der Waals surface area contributed by atoms with Crippen molar-refractivity contribution in [2.24, 2.45) is 0 Å². The summed E-state index contributed by atoms with van der Waals surface area (Å²) >= 11 is 0. The number of nitrogens with zero attached hydrogens (tertiary/aromatic N) is 6. The number of hydrogen-bond donors (Lipinski definition) is 0. The van der Waals surface area contributed by atoms with E-state index < -0.39 is 0 Å². The van der Waals surface area contributed by atoms with Gasteiger partial charge in [-0.2, -0.15) is 10.4 Å². The highest BCUT2D eigenvalue weighted by Crippen LogP contribution is 2.19. The quantitative estimate of drug-likeness (QED) is 0.706. The van der Waals surface area contributed by atoms with Gasteiger partial charge >= 0.3 is 0 Å². The Hall–Kier alpha value is -2.81. The third kappa shape index (κ3) is 1.89. The molecule has 2 heterocycles. The molecule has 0 spiro atoms. The number of fused-ring (bicyclic) bond motifs is 1. The number of para-hydroxylation sites is 2. The second-order valence-electron chi connectivity index (χ2n) is 4.47. The van der Waals surface area contributed by atoms with Crippen molar-refractivity contribution in [3.8, 4) is 12.0 Å². The fraction of sp³-hybridized carbons (Fsp3) is 0.214. The van der Waals surface area contributed by atoms with Gasteiger partial charge < -0.3 is 0 Å². The molecule has 3 rings (SSSR count). The van der Waals surface area contributed by atoms with E-state index in [1.165, 1.54) is 0 Å². The molecule has 0 aliphatic carbocycles. The van der Waals surface area contributed by atoms with E-state index >= 15 is 0 Å². The van der Waals surface area contributed by atoms with Crippen LogP contribution in [0.2, 0.25) is 0 Å². The van der Waals surface area contributed by atoms with E-state index in [0.717, 1.165) is 22.4 Å². The van der Waals surface area contributed by atoms with Gasteiger partial charge in [0.25, 0.3) is 5.95 Å². The highest BCUT2D eigenvalue weighted by molar-refractivity contribution is 5.77. The lowest BCUT2D eigenvalue weighted by molar-refractivity contribution is 0.800. The molecule has 3 aromatic rings. The largest absolute Gasteiger partial charge is 0.262 e. The van der Waals surface area contributed by atoms with Gasteiger partial charge in [-0.15, -0.1) is 5.10 Å². The van der Waals surface area contributed by atoms with Crippen molar-refractivity contribution < 1.29 is 0 Å². The molecule has 0 aliphatic heterocycles. The molecule has 0 saturated carbocycles. The summed E-state index contributed by atoms with van der Waals surface area (Å²) in [6.45, 7) is 3.75. The summed E-state index contributed by atoms with van der Waals surface area (Å²) in [6.07, 6.45) is 0.199. The molecule has 0 aliphatic rings. The highest BCUT2D eigenvalue weighted by Gasteiger charge is 2.14. The number of aromatic nitrogens is 5. The molecule has 0 bridgehead atoms. The number of rotatable bonds is 2. The van der Waals surface area contributed by atoms with Crippen LogP contribution in [-0.4, -0.2) is 24.7 Å². The Balaban J connectivity index is 2.30. The molecule has 0 atom stereocenters. The zero-order chi connectivity index (χ0) is 14.1. The average molecular weight is 264 g/mol. The lowest BCUT2D eigenvalue weighted by Crippen LogP contribution is -2.09. The van der Waals surface area contributed by atoms with Crippen molar-refractivity contribution in [3.63, 3.8) is 0 Å². The van der Waals surface area contributed by atoms with Crippen molar-refractivity contribution >= 4 is 11.0 Å². The van der Waals surface area contributed by atoms with Crippen LogP contribution >= 0.6 is 0 Å². The van der Waals surface area contributed by atoms with Gasteiger partial charge in [0.2, 0.25) is 0 Å². The van der Waals surface area contributed by atoms with E-state index in [1.807, 2.05) is 38.1 Å². The fourth-order valence-electron chi connectivity index (χ4n) is 2.03. The zero-order valence-corrected chi connectivity index (χ0v) is 11.2. The minimum atomic E-state index is 0.199. The topological polar surface area (TPSA) is 80.3 Å². The van der Waals surface area contributed by atoms with E-state index in [4.69, 9.17) is 5.26 Å². The third-order valence-corrected chi connectivity index (χ3v) is 3.15. The highest BCUT2D eigenvalue weighted by atomic mass is 15.3. The summed E-state index contributed by atoms with van der Waals surface area (Å²) in [5.74, 6) is 1.07. The molecule has 98 valence electrons. The first-order valence-electron chi connectivity index (χ1n) is 6.22. The van der Waals surface area contributed by atoms with Gasteiger partial charge in [0.15, 0.2) is 0 Å². The van der Waals surface area contributed by atoms with Crippen molar-refractivity contribution in [2.45, 2.75) is 20.3 Å². The number of benzene rings is 1. The summed E-state index contributed by atoms with van der Waals surface area (Å²) < 4.78 is 1.79. The standard InChI is InChI=1S/C14H12N6/c1-9-10(2)18-19-14(16-9)20-12-6-4-3-5-11(12)17-13(20)7-8-15/h3-6H,7H2,1-2H3. The molecule has 0 saturated heterocycles. The van der Waals surface area contributed by atoms with Crippen LogP contribution in [0.15, 0.2) is 24.3 Å². The Morgan fingerprint density at radius 1 is 1.10 bits per heavy atom. The summed E-state index contributed by atoms with van der Waals surface area (Å²) in [5.41, 5.74) is 3.30. The first kappa shape index (κ1) is 12.2. The predicted octanol–water partition coefficient (Wildman–Crippen LogP) is 1.89. The molecule has 20 heavy (non-hydrogen) atoms. The van der Waals surface area contributed by atoms with Crippen LogP contribution in [-0.2, 0) is 6.42 Å². The summed E-state index contributed by atoms with van der Waals surface area (Å²) in [4.78, 5) is 8.91. The van der Waals surface area contributed by atoms with Gasteiger partial charge in [0.05, 0.1) is 34.9 Å². The maximum absolute atomic E-state index is 8.96. The normalized spacial score (nSPS) is 10.7. The van der Waals surface area contributed by atoms with Gasteiger partial charge in [-0.1, -0.05) is 12.1 Å². The van der Waals surface area contributed by atoms with E-state index in [-0.39, 0.29) is 6.42 Å². The Bertz CT molecular complexity index is 827. The van der Waals surface area contributed by atoms with Crippen molar-refractivity contribution in [1.82, 2.24) is 24.7 Å². The van der Waals surface area contributed by atoms with Crippen molar-refractivity contribution in [3.05, 3.63) is 41.5 Å². The Morgan fingerprint density at radius 2 is 1.90 bits per heavy atom. The summed E-state index contributed by atoms with van der Waals surface area (Å²) in [5, 5.41) is 17.2. The summed E-state index contributed by atoms with van der Waals surface area (Å²) in [7, 11) is 0. The van der Waals surface area contributed by atoms with Crippen molar-refractivity contribution in [2.75, 3.05) is 0 Å². The second-order valence-corrected chi connectivity index (χ2v) is 4.47. The number of nitriles is 1. The van der Waals surface area contributed by atoms with Crippen LogP contribution in [0.5, 0.6) is 0 Å². The Kier molecular flexibility index (Phi) is 2.88. The lowest BCUT2D eigenvalue weighted by Gasteiger charge is -2.06. The van der Waals surface area contributed by atoms with E-state index in [1.54, 1.807) is 4.57 Å². The zero-order valence-electron chi connectivity index (χ0n) is 11.2. The van der Waals surface area contributed by atoms with Crippen LogP contribution in [0.3, 0.4) is 0 Å². The molecule has 0 N–H and O–H groups in total. The fourth-order valence-corrected chi connectivity index (χ4v) is 2.03. The second kappa shape index (κ2) is 4.70. The SMILES string of the molecule is Cc1nnc(-n2c(CC#N)nc3ccccc32)nc1C. The first-order chi connectivity index (χ1) is 9.70. The van der Waals surface area contributed by atoms with Gasteiger partial charge in [0.1, 0.15) is 5.82 Å². The van der Waals surface area contributed by atoms with Crippen molar-refractivity contribution in [1.29, 1.82) is 5.26 Å². The van der Waals surface area contributed by atoms with Crippen LogP contribution in [0, 0.1) is 25.2 Å². The Labute approximate surface area is 115 Å². The molecule has 6 heteroatoms. The first-order valence-corrected chi connectivity index (χ1v) is 6.22. The summed E-state index contributed by atoms with van der Waals surface area (Å²) in [6, 6.07) is 9.79. The van der Waals surface area contributed by atoms with Gasteiger partial charge in [-0.05, 0) is 26.0 Å². The molecule has 0 amide bonds. The maximum atomic E-state index is 8.96. The van der Waals surface area contributed by atoms with Crippen LogP contribution in [0.4, 0.5) is 0 Å². The molecule has 6 nitrogen and oxygen atoms in total. The maximum Gasteiger partial charge on any atom is 0.255 e.